The zero-order valence-electron chi connectivity index (χ0n) is 13.7. The summed E-state index contributed by atoms with van der Waals surface area (Å²) in [4.78, 5) is 39.3. The monoisotopic (exact) mass is 396 g/mol. The molecule has 1 saturated heterocycles. The van der Waals surface area contributed by atoms with E-state index in [0.717, 1.165) is 4.47 Å². The predicted octanol–water partition coefficient (Wildman–Crippen LogP) is 2.08. The number of hydrogen-bond donors (Lipinski definition) is 0. The number of halogens is 1. The maximum Gasteiger partial charge on any atom is 0.306 e. The van der Waals surface area contributed by atoms with Gasteiger partial charge in [0, 0.05) is 42.6 Å². The molecule has 1 aliphatic rings. The fourth-order valence-corrected chi connectivity index (χ4v) is 2.80. The summed E-state index contributed by atoms with van der Waals surface area (Å²) in [5.41, 5.74) is 0.639. The molecule has 1 aromatic rings. The number of carbonyl (C=O) groups is 3. The van der Waals surface area contributed by atoms with Gasteiger partial charge in [-0.25, -0.2) is 0 Å². The van der Waals surface area contributed by atoms with E-state index in [1.165, 1.54) is 0 Å². The molecule has 0 aromatic heterocycles. The van der Waals surface area contributed by atoms with Crippen molar-refractivity contribution in [1.82, 2.24) is 9.80 Å². The molecule has 6 nitrogen and oxygen atoms in total. The third-order valence-electron chi connectivity index (χ3n) is 3.86. The van der Waals surface area contributed by atoms with E-state index in [2.05, 4.69) is 15.9 Å². The maximum atomic E-state index is 12.4. The predicted molar refractivity (Wildman–Crippen MR) is 92.5 cm³/mol. The number of hydrogen-bond acceptors (Lipinski definition) is 4. The van der Waals surface area contributed by atoms with Gasteiger partial charge in [0.2, 0.25) is 5.91 Å². The molecule has 2 rings (SSSR count). The smallest absolute Gasteiger partial charge is 0.306 e. The van der Waals surface area contributed by atoms with Crippen LogP contribution in [0, 0.1) is 0 Å². The van der Waals surface area contributed by atoms with Crippen LogP contribution in [0.2, 0.25) is 0 Å². The van der Waals surface area contributed by atoms with Crippen LogP contribution in [0.25, 0.3) is 0 Å². The summed E-state index contributed by atoms with van der Waals surface area (Å²) < 4.78 is 5.75. The fourth-order valence-electron chi connectivity index (χ4n) is 2.53. The van der Waals surface area contributed by atoms with Gasteiger partial charge in [-0.15, -0.1) is 0 Å². The lowest BCUT2D eigenvalue weighted by atomic mass is 10.1. The largest absolute Gasteiger partial charge is 0.466 e. The molecule has 0 N–H and O–H groups in total. The second kappa shape index (κ2) is 8.82. The number of esters is 1. The van der Waals surface area contributed by atoms with Crippen molar-refractivity contribution in [3.05, 3.63) is 34.3 Å². The topological polar surface area (TPSA) is 66.9 Å². The van der Waals surface area contributed by atoms with E-state index in [9.17, 15) is 14.4 Å². The van der Waals surface area contributed by atoms with Crippen molar-refractivity contribution in [2.75, 3.05) is 32.8 Å². The number of rotatable bonds is 5. The van der Waals surface area contributed by atoms with E-state index in [1.807, 2.05) is 12.1 Å². The minimum atomic E-state index is -0.352. The molecule has 2 amide bonds. The highest BCUT2D eigenvalue weighted by Gasteiger charge is 2.25. The molecular weight excluding hydrogens is 376 g/mol. The van der Waals surface area contributed by atoms with Gasteiger partial charge < -0.3 is 14.5 Å². The lowest BCUT2D eigenvalue weighted by molar-refractivity contribution is -0.146. The van der Waals surface area contributed by atoms with Crippen molar-refractivity contribution in [3.63, 3.8) is 0 Å². The number of benzene rings is 1. The molecule has 1 fully saturated rings. The highest BCUT2D eigenvalue weighted by Crippen LogP contribution is 2.14. The average Bonchev–Trinajstić information content (AvgIpc) is 2.60. The molecule has 1 heterocycles. The summed E-state index contributed by atoms with van der Waals surface area (Å²) in [5.74, 6) is -0.449. The molecule has 0 saturated carbocycles. The Morgan fingerprint density at radius 2 is 1.58 bits per heavy atom. The van der Waals surface area contributed by atoms with Crippen LogP contribution >= 0.6 is 15.9 Å². The van der Waals surface area contributed by atoms with Gasteiger partial charge in [-0.05, 0) is 31.2 Å². The van der Waals surface area contributed by atoms with Gasteiger partial charge >= 0.3 is 5.97 Å². The first-order chi connectivity index (χ1) is 11.5. The Morgan fingerprint density at radius 1 is 1.00 bits per heavy atom. The van der Waals surface area contributed by atoms with Crippen molar-refractivity contribution >= 4 is 33.7 Å². The van der Waals surface area contributed by atoms with Crippen LogP contribution in [-0.2, 0) is 14.3 Å². The Bertz CT molecular complexity index is 595. The third kappa shape index (κ3) is 5.06. The minimum Gasteiger partial charge on any atom is -0.466 e. The second-order valence-corrected chi connectivity index (χ2v) is 6.40. The minimum absolute atomic E-state index is 0.0267. The van der Waals surface area contributed by atoms with Crippen LogP contribution in [0.3, 0.4) is 0 Å². The van der Waals surface area contributed by atoms with Crippen molar-refractivity contribution in [2.24, 2.45) is 0 Å². The van der Waals surface area contributed by atoms with Gasteiger partial charge in [-0.3, -0.25) is 14.4 Å². The zero-order chi connectivity index (χ0) is 17.5. The number of nitrogens with zero attached hydrogens (tertiary/aromatic N) is 2. The SMILES string of the molecule is CCOC(=O)CCC(=O)N1CCN(C(=O)c2ccc(Br)cc2)CC1. The van der Waals surface area contributed by atoms with Gasteiger partial charge in [0.25, 0.3) is 5.91 Å². The van der Waals surface area contributed by atoms with Crippen molar-refractivity contribution in [2.45, 2.75) is 19.8 Å². The van der Waals surface area contributed by atoms with E-state index < -0.39 is 0 Å². The molecule has 1 aromatic carbocycles. The van der Waals surface area contributed by atoms with Crippen LogP contribution in [0.15, 0.2) is 28.7 Å². The lowest BCUT2D eigenvalue weighted by Gasteiger charge is -2.34. The second-order valence-electron chi connectivity index (χ2n) is 5.48. The Hall–Kier alpha value is -1.89. The molecule has 0 radical (unpaired) electrons. The lowest BCUT2D eigenvalue weighted by Crippen LogP contribution is -2.50. The summed E-state index contributed by atoms with van der Waals surface area (Å²) in [7, 11) is 0. The van der Waals surface area contributed by atoms with E-state index in [-0.39, 0.29) is 30.6 Å². The Labute approximate surface area is 149 Å². The van der Waals surface area contributed by atoms with Crippen molar-refractivity contribution < 1.29 is 19.1 Å². The Kier molecular flexibility index (Phi) is 6.78. The molecule has 24 heavy (non-hydrogen) atoms. The molecular formula is C17H21BrN2O4. The van der Waals surface area contributed by atoms with Crippen molar-refractivity contribution in [1.29, 1.82) is 0 Å². The van der Waals surface area contributed by atoms with Crippen LogP contribution in [-0.4, -0.2) is 60.4 Å². The van der Waals surface area contributed by atoms with Gasteiger partial charge in [-0.1, -0.05) is 15.9 Å². The third-order valence-corrected chi connectivity index (χ3v) is 4.39. The quantitative estimate of drug-likeness (QED) is 0.714. The van der Waals surface area contributed by atoms with Crippen LogP contribution in [0.5, 0.6) is 0 Å². The van der Waals surface area contributed by atoms with E-state index >= 15 is 0 Å². The summed E-state index contributed by atoms with van der Waals surface area (Å²) in [6, 6.07) is 7.23. The standard InChI is InChI=1S/C17H21BrN2O4/c1-2-24-16(22)8-7-15(21)19-9-11-20(12-10-19)17(23)13-3-5-14(18)6-4-13/h3-6H,2,7-12H2,1H3. The van der Waals surface area contributed by atoms with Crippen LogP contribution in [0.4, 0.5) is 0 Å². The summed E-state index contributed by atoms with van der Waals surface area (Å²) in [6.45, 7) is 4.04. The van der Waals surface area contributed by atoms with Crippen LogP contribution < -0.4 is 0 Å². The molecule has 0 spiro atoms. The number of amides is 2. The van der Waals surface area contributed by atoms with E-state index in [4.69, 9.17) is 4.74 Å². The maximum absolute atomic E-state index is 12.4. The van der Waals surface area contributed by atoms with Gasteiger partial charge in [0.05, 0.1) is 13.0 Å². The normalized spacial score (nSPS) is 14.4. The molecule has 130 valence electrons. The van der Waals surface area contributed by atoms with Gasteiger partial charge in [-0.2, -0.15) is 0 Å². The fraction of sp³-hybridized carbons (Fsp3) is 0.471. The summed E-state index contributed by atoms with van der Waals surface area (Å²) in [6.07, 6.45) is 0.254. The number of piperazine rings is 1. The van der Waals surface area contributed by atoms with E-state index in [1.54, 1.807) is 28.9 Å². The molecule has 0 atom stereocenters. The molecule has 1 aliphatic heterocycles. The summed E-state index contributed by atoms with van der Waals surface area (Å²) >= 11 is 3.35. The zero-order valence-corrected chi connectivity index (χ0v) is 15.3. The van der Waals surface area contributed by atoms with E-state index in [0.29, 0.717) is 38.3 Å². The first kappa shape index (κ1) is 18.4. The molecule has 0 aliphatic carbocycles. The summed E-state index contributed by atoms with van der Waals surface area (Å²) in [5, 5.41) is 0. The first-order valence-electron chi connectivity index (χ1n) is 7.99. The first-order valence-corrected chi connectivity index (χ1v) is 8.78. The molecule has 0 unspecified atom stereocenters. The highest BCUT2D eigenvalue weighted by atomic mass is 79.9. The number of carbonyl (C=O) groups excluding carboxylic acids is 3. The van der Waals surface area contributed by atoms with Crippen molar-refractivity contribution in [3.8, 4) is 0 Å². The molecule has 7 heteroatoms. The van der Waals surface area contributed by atoms with Gasteiger partial charge in [0.1, 0.15) is 0 Å². The Morgan fingerprint density at radius 3 is 2.17 bits per heavy atom. The van der Waals surface area contributed by atoms with Crippen LogP contribution in [0.1, 0.15) is 30.1 Å². The molecule has 0 bridgehead atoms. The Balaban J connectivity index is 1.80. The highest BCUT2D eigenvalue weighted by molar-refractivity contribution is 9.10. The average molecular weight is 397 g/mol. The number of ether oxygens (including phenoxy) is 1. The van der Waals surface area contributed by atoms with Gasteiger partial charge in [0.15, 0.2) is 0 Å².